The molecular weight excluding hydrogens is 300 g/mol. The molecule has 2 heterocycles. The highest BCUT2D eigenvalue weighted by atomic mass is 16.7. The summed E-state index contributed by atoms with van der Waals surface area (Å²) in [6.07, 6.45) is 4.60. The van der Waals surface area contributed by atoms with Crippen LogP contribution in [0.3, 0.4) is 0 Å². The predicted octanol–water partition coefficient (Wildman–Crippen LogP) is 1.60. The van der Waals surface area contributed by atoms with Gasteiger partial charge in [-0.1, -0.05) is 6.92 Å². The number of aliphatic hydroxyl groups is 1. The van der Waals surface area contributed by atoms with Gasteiger partial charge in [-0.2, -0.15) is 0 Å². The predicted molar refractivity (Wildman–Crippen MR) is 79.3 cm³/mol. The Hall–Kier alpha value is -0.690. The van der Waals surface area contributed by atoms with E-state index >= 15 is 0 Å². The average Bonchev–Trinajstić information content (AvgIpc) is 3.13. The van der Waals surface area contributed by atoms with Crippen molar-refractivity contribution < 1.29 is 28.8 Å². The molecule has 2 saturated heterocycles. The fourth-order valence-electron chi connectivity index (χ4n) is 5.60. The van der Waals surface area contributed by atoms with Gasteiger partial charge in [-0.25, -0.2) is 0 Å². The lowest BCUT2D eigenvalue weighted by atomic mass is 9.58. The number of hydrogen-bond donors (Lipinski definition) is 1. The normalized spacial score (nSPS) is 44.9. The van der Waals surface area contributed by atoms with Gasteiger partial charge in [0.25, 0.3) is 0 Å². The Morgan fingerprint density at radius 3 is 2.70 bits per heavy atom. The van der Waals surface area contributed by atoms with E-state index < -0.39 is 11.6 Å². The van der Waals surface area contributed by atoms with Crippen molar-refractivity contribution >= 4 is 5.97 Å². The maximum absolute atomic E-state index is 11.9. The van der Waals surface area contributed by atoms with Crippen molar-refractivity contribution in [1.82, 2.24) is 0 Å². The molecule has 130 valence electrons. The van der Waals surface area contributed by atoms with Gasteiger partial charge in [0.15, 0.2) is 5.79 Å². The molecule has 1 N–H and O–H groups in total. The van der Waals surface area contributed by atoms with Crippen molar-refractivity contribution in [3.8, 4) is 0 Å². The summed E-state index contributed by atoms with van der Waals surface area (Å²) in [6.45, 7) is 3.72. The zero-order valence-corrected chi connectivity index (χ0v) is 13.7. The third-order valence-electron chi connectivity index (χ3n) is 6.65. The van der Waals surface area contributed by atoms with Gasteiger partial charge >= 0.3 is 5.97 Å². The molecule has 2 saturated carbocycles. The van der Waals surface area contributed by atoms with Crippen LogP contribution >= 0.6 is 0 Å². The van der Waals surface area contributed by atoms with Crippen LogP contribution < -0.4 is 0 Å². The minimum atomic E-state index is -0.869. The van der Waals surface area contributed by atoms with Crippen LogP contribution in [-0.2, 0) is 23.7 Å². The van der Waals surface area contributed by atoms with Gasteiger partial charge in [-0.15, -0.1) is 0 Å². The first-order chi connectivity index (χ1) is 11.1. The summed E-state index contributed by atoms with van der Waals surface area (Å²) >= 11 is 0. The van der Waals surface area contributed by atoms with Gasteiger partial charge in [0.05, 0.1) is 26.4 Å². The Morgan fingerprint density at radius 1 is 1.17 bits per heavy atom. The number of ether oxygens (including phenoxy) is 4. The summed E-state index contributed by atoms with van der Waals surface area (Å²) in [5, 5.41) is 9.15. The van der Waals surface area contributed by atoms with Crippen molar-refractivity contribution in [2.75, 3.05) is 26.4 Å². The van der Waals surface area contributed by atoms with E-state index in [0.29, 0.717) is 32.0 Å². The second-order valence-corrected chi connectivity index (χ2v) is 7.52. The Kier molecular flexibility index (Phi) is 3.72. The van der Waals surface area contributed by atoms with Crippen LogP contribution in [0.15, 0.2) is 0 Å². The Labute approximate surface area is 136 Å². The zero-order valence-electron chi connectivity index (χ0n) is 13.7. The fourth-order valence-corrected chi connectivity index (χ4v) is 5.60. The van der Waals surface area contributed by atoms with Crippen molar-refractivity contribution in [1.29, 1.82) is 0 Å². The van der Waals surface area contributed by atoms with Crippen LogP contribution in [0.25, 0.3) is 0 Å². The molecule has 6 heteroatoms. The Balaban J connectivity index is 1.65. The largest absolute Gasteiger partial charge is 0.433 e. The van der Waals surface area contributed by atoms with E-state index in [-0.39, 0.29) is 30.5 Å². The summed E-state index contributed by atoms with van der Waals surface area (Å²) < 4.78 is 23.8. The fraction of sp³-hybridized carbons (Fsp3) is 0.941. The molecule has 2 unspecified atom stereocenters. The highest BCUT2D eigenvalue weighted by molar-refractivity contribution is 5.70. The molecule has 4 atom stereocenters. The van der Waals surface area contributed by atoms with E-state index in [0.717, 1.165) is 25.7 Å². The van der Waals surface area contributed by atoms with Gasteiger partial charge in [0, 0.05) is 30.6 Å². The van der Waals surface area contributed by atoms with Crippen LogP contribution in [0.2, 0.25) is 0 Å². The maximum Gasteiger partial charge on any atom is 0.308 e. The van der Waals surface area contributed by atoms with Crippen LogP contribution in [0.1, 0.15) is 45.4 Å². The van der Waals surface area contributed by atoms with Crippen molar-refractivity contribution in [2.45, 2.75) is 57.0 Å². The summed E-state index contributed by atoms with van der Waals surface area (Å²) in [7, 11) is 0. The van der Waals surface area contributed by atoms with E-state index in [1.165, 1.54) is 0 Å². The van der Waals surface area contributed by atoms with E-state index in [1.54, 1.807) is 0 Å². The number of esters is 1. The van der Waals surface area contributed by atoms with Gasteiger partial charge < -0.3 is 24.1 Å². The van der Waals surface area contributed by atoms with Gasteiger partial charge in [-0.05, 0) is 25.2 Å². The molecule has 4 fully saturated rings. The molecule has 23 heavy (non-hydrogen) atoms. The molecule has 4 rings (SSSR count). The second-order valence-electron chi connectivity index (χ2n) is 7.52. The quantitative estimate of drug-likeness (QED) is 0.794. The summed E-state index contributed by atoms with van der Waals surface area (Å²) in [4.78, 5) is 11.9. The molecule has 0 aromatic heterocycles. The molecule has 0 aromatic carbocycles. The molecule has 0 radical (unpaired) electrons. The lowest BCUT2D eigenvalue weighted by Gasteiger charge is -2.56. The molecule has 1 spiro atoms. The summed E-state index contributed by atoms with van der Waals surface area (Å²) in [6, 6.07) is 0. The number of rotatable bonds is 3. The van der Waals surface area contributed by atoms with Crippen LogP contribution in [0, 0.1) is 17.3 Å². The number of carbonyl (C=O) groups excluding carboxylic acids is 1. The lowest BCUT2D eigenvalue weighted by molar-refractivity contribution is -0.321. The lowest BCUT2D eigenvalue weighted by Crippen LogP contribution is -2.60. The van der Waals surface area contributed by atoms with E-state index in [9.17, 15) is 4.79 Å². The van der Waals surface area contributed by atoms with E-state index in [2.05, 4.69) is 6.92 Å². The number of carbonyl (C=O) groups is 1. The highest BCUT2D eigenvalue weighted by Crippen LogP contribution is 2.66. The average molecular weight is 326 g/mol. The minimum absolute atomic E-state index is 0.0654. The molecule has 0 bridgehead atoms. The number of fused-ring (bicyclic) bond motifs is 4. The molecular formula is C17H26O6. The van der Waals surface area contributed by atoms with Crippen molar-refractivity contribution in [2.24, 2.45) is 17.3 Å². The van der Waals surface area contributed by atoms with Crippen LogP contribution in [0.4, 0.5) is 0 Å². The third kappa shape index (κ3) is 2.11. The molecule has 4 aliphatic rings. The molecule has 2 aliphatic heterocycles. The standard InChI is InChI=1S/C17H26O6/c1-15-6-7-16(20-9-8-18)13(2-3-14(19)23-16)12(15)4-5-17(15)21-10-11-22-17/h12-13,18H,2-11H2,1H3/t12-,13?,15-,16?/m0/s1. The van der Waals surface area contributed by atoms with Crippen molar-refractivity contribution in [3.63, 3.8) is 0 Å². The molecule has 0 aromatic rings. The monoisotopic (exact) mass is 326 g/mol. The highest BCUT2D eigenvalue weighted by Gasteiger charge is 2.69. The minimum Gasteiger partial charge on any atom is -0.433 e. The Morgan fingerprint density at radius 2 is 1.96 bits per heavy atom. The van der Waals surface area contributed by atoms with E-state index in [4.69, 9.17) is 24.1 Å². The number of aliphatic hydroxyl groups excluding tert-OH is 1. The zero-order chi connectivity index (χ0) is 16.1. The first-order valence-electron chi connectivity index (χ1n) is 8.80. The molecule has 0 amide bonds. The third-order valence-corrected chi connectivity index (χ3v) is 6.65. The smallest absolute Gasteiger partial charge is 0.308 e. The van der Waals surface area contributed by atoms with Gasteiger partial charge in [0.1, 0.15) is 0 Å². The second kappa shape index (κ2) is 5.41. The maximum atomic E-state index is 11.9. The number of hydrogen-bond acceptors (Lipinski definition) is 6. The summed E-state index contributed by atoms with van der Waals surface area (Å²) in [5.41, 5.74) is -0.0655. The van der Waals surface area contributed by atoms with Gasteiger partial charge in [0.2, 0.25) is 5.79 Å². The van der Waals surface area contributed by atoms with Crippen LogP contribution in [0.5, 0.6) is 0 Å². The SMILES string of the molecule is C[C@]12CCC3(OCCO)OC(=O)CCC3[C@@H]1CCC21OCCO1. The van der Waals surface area contributed by atoms with Crippen LogP contribution in [-0.4, -0.2) is 49.1 Å². The topological polar surface area (TPSA) is 74.2 Å². The molecule has 2 aliphatic carbocycles. The molecule has 6 nitrogen and oxygen atoms in total. The van der Waals surface area contributed by atoms with E-state index in [1.807, 2.05) is 0 Å². The van der Waals surface area contributed by atoms with Crippen molar-refractivity contribution in [3.05, 3.63) is 0 Å². The van der Waals surface area contributed by atoms with Gasteiger partial charge in [-0.3, -0.25) is 4.79 Å². The Bertz CT molecular complexity index is 487. The summed E-state index contributed by atoms with van der Waals surface area (Å²) in [5.74, 6) is -1.03. The first kappa shape index (κ1) is 15.8. The first-order valence-corrected chi connectivity index (χ1v) is 8.80.